The monoisotopic (exact) mass is 300 g/mol. The van der Waals surface area contributed by atoms with Gasteiger partial charge in [0, 0.05) is 19.1 Å². The lowest BCUT2D eigenvalue weighted by Crippen LogP contribution is -2.47. The predicted octanol–water partition coefficient (Wildman–Crippen LogP) is 2.10. The first-order valence-corrected chi connectivity index (χ1v) is 7.68. The van der Waals surface area contributed by atoms with Crippen molar-refractivity contribution in [2.75, 3.05) is 33.3 Å². The molecule has 0 amide bonds. The van der Waals surface area contributed by atoms with Crippen molar-refractivity contribution in [2.45, 2.75) is 39.0 Å². The Morgan fingerprint density at radius 2 is 2.30 bits per heavy atom. The van der Waals surface area contributed by atoms with Gasteiger partial charge < -0.3 is 15.0 Å². The van der Waals surface area contributed by atoms with Gasteiger partial charge in [-0.15, -0.1) is 0 Å². The minimum atomic E-state index is 0.0696. The quantitative estimate of drug-likeness (QED) is 0.904. The molecule has 1 aliphatic heterocycles. The molecule has 0 aromatic carbocycles. The van der Waals surface area contributed by atoms with Crippen LogP contribution in [0.5, 0.6) is 0 Å². The van der Waals surface area contributed by atoms with E-state index in [1.165, 1.54) is 0 Å². The molecule has 1 aromatic rings. The SMILES string of the molecule is CCNC(c1c(Cl)cnn1C(C)C)C1CN(C)CCO1. The van der Waals surface area contributed by atoms with Crippen molar-refractivity contribution in [1.29, 1.82) is 0 Å². The van der Waals surface area contributed by atoms with E-state index in [1.807, 2.05) is 4.68 Å². The molecule has 0 aliphatic carbocycles. The summed E-state index contributed by atoms with van der Waals surface area (Å²) >= 11 is 6.38. The van der Waals surface area contributed by atoms with Crippen LogP contribution >= 0.6 is 11.6 Å². The highest BCUT2D eigenvalue weighted by molar-refractivity contribution is 6.31. The molecule has 114 valence electrons. The van der Waals surface area contributed by atoms with E-state index >= 15 is 0 Å². The number of likely N-dealkylation sites (N-methyl/N-ethyl adjacent to an activating group) is 2. The van der Waals surface area contributed by atoms with Crippen LogP contribution in [-0.2, 0) is 4.74 Å². The van der Waals surface area contributed by atoms with Crippen LogP contribution in [0.2, 0.25) is 5.02 Å². The maximum absolute atomic E-state index is 6.38. The van der Waals surface area contributed by atoms with E-state index in [1.54, 1.807) is 6.20 Å². The maximum atomic E-state index is 6.38. The molecule has 1 fully saturated rings. The number of halogens is 1. The fourth-order valence-electron chi connectivity index (χ4n) is 2.69. The maximum Gasteiger partial charge on any atom is 0.0912 e. The standard InChI is InChI=1S/C14H25ClN4O/c1-5-16-13(12-9-18(4)6-7-20-12)14-11(15)8-17-19(14)10(2)3/h8,10,12-13,16H,5-7,9H2,1-4H3. The molecule has 1 N–H and O–H groups in total. The average molecular weight is 301 g/mol. The first kappa shape index (κ1) is 15.8. The molecule has 2 unspecified atom stereocenters. The summed E-state index contributed by atoms with van der Waals surface area (Å²) < 4.78 is 7.97. The van der Waals surface area contributed by atoms with Crippen molar-refractivity contribution in [3.63, 3.8) is 0 Å². The topological polar surface area (TPSA) is 42.3 Å². The number of hydrogen-bond acceptors (Lipinski definition) is 4. The molecule has 2 heterocycles. The number of nitrogens with one attached hydrogen (secondary N) is 1. The molecule has 2 rings (SSSR count). The van der Waals surface area contributed by atoms with Gasteiger partial charge >= 0.3 is 0 Å². The molecule has 2 atom stereocenters. The van der Waals surface area contributed by atoms with Gasteiger partial charge in [0.1, 0.15) is 0 Å². The van der Waals surface area contributed by atoms with E-state index in [0.29, 0.717) is 5.02 Å². The molecule has 1 aromatic heterocycles. The number of morpholine rings is 1. The Hall–Kier alpha value is -0.620. The third-order valence-electron chi connectivity index (χ3n) is 3.66. The first-order chi connectivity index (χ1) is 9.54. The molecule has 5 nitrogen and oxygen atoms in total. The second-order valence-electron chi connectivity index (χ2n) is 5.62. The van der Waals surface area contributed by atoms with Crippen molar-refractivity contribution in [3.05, 3.63) is 16.9 Å². The smallest absolute Gasteiger partial charge is 0.0912 e. The molecule has 1 saturated heterocycles. The molecule has 20 heavy (non-hydrogen) atoms. The highest BCUT2D eigenvalue weighted by Crippen LogP contribution is 2.30. The van der Waals surface area contributed by atoms with Crippen LogP contribution in [0.4, 0.5) is 0 Å². The van der Waals surface area contributed by atoms with E-state index in [2.05, 4.69) is 43.1 Å². The van der Waals surface area contributed by atoms with Gasteiger partial charge in [0.25, 0.3) is 0 Å². The Morgan fingerprint density at radius 3 is 2.90 bits per heavy atom. The van der Waals surface area contributed by atoms with Crippen molar-refractivity contribution >= 4 is 11.6 Å². The fourth-order valence-corrected chi connectivity index (χ4v) is 2.94. The van der Waals surface area contributed by atoms with Gasteiger partial charge in [-0.3, -0.25) is 4.68 Å². The minimum Gasteiger partial charge on any atom is -0.374 e. The fraction of sp³-hybridized carbons (Fsp3) is 0.786. The van der Waals surface area contributed by atoms with Crippen molar-refractivity contribution < 1.29 is 4.74 Å². The predicted molar refractivity (Wildman–Crippen MR) is 81.3 cm³/mol. The molecular formula is C14H25ClN4O. The molecular weight excluding hydrogens is 276 g/mol. The molecule has 6 heteroatoms. The molecule has 0 spiro atoms. The lowest BCUT2D eigenvalue weighted by atomic mass is 10.0. The summed E-state index contributed by atoms with van der Waals surface area (Å²) in [6.07, 6.45) is 1.83. The number of nitrogens with zero attached hydrogens (tertiary/aromatic N) is 3. The zero-order chi connectivity index (χ0) is 14.7. The van der Waals surface area contributed by atoms with Crippen LogP contribution in [0, 0.1) is 0 Å². The van der Waals surface area contributed by atoms with Crippen LogP contribution in [0.25, 0.3) is 0 Å². The second kappa shape index (κ2) is 6.89. The summed E-state index contributed by atoms with van der Waals surface area (Å²) in [4.78, 5) is 2.29. The van der Waals surface area contributed by atoms with Gasteiger partial charge in [-0.25, -0.2) is 0 Å². The van der Waals surface area contributed by atoms with Crippen molar-refractivity contribution in [1.82, 2.24) is 20.0 Å². The summed E-state index contributed by atoms with van der Waals surface area (Å²) in [6.45, 7) is 9.84. The molecule has 0 saturated carbocycles. The van der Waals surface area contributed by atoms with E-state index < -0.39 is 0 Å². The number of ether oxygens (including phenoxy) is 1. The lowest BCUT2D eigenvalue weighted by molar-refractivity contribution is -0.0405. The Kier molecular flexibility index (Phi) is 5.43. The highest BCUT2D eigenvalue weighted by Gasteiger charge is 2.32. The van der Waals surface area contributed by atoms with E-state index in [4.69, 9.17) is 16.3 Å². The minimum absolute atomic E-state index is 0.0696. The average Bonchev–Trinajstić information content (AvgIpc) is 2.78. The summed E-state index contributed by atoms with van der Waals surface area (Å²) in [5.41, 5.74) is 1.03. The third kappa shape index (κ3) is 3.34. The Labute approximate surface area is 126 Å². The van der Waals surface area contributed by atoms with Gasteiger partial charge in [-0.05, 0) is 27.4 Å². The van der Waals surface area contributed by atoms with Crippen LogP contribution < -0.4 is 5.32 Å². The molecule has 1 aliphatic rings. The van der Waals surface area contributed by atoms with Gasteiger partial charge in [0.05, 0.1) is 35.7 Å². The third-order valence-corrected chi connectivity index (χ3v) is 3.95. The molecule has 0 radical (unpaired) electrons. The van der Waals surface area contributed by atoms with Crippen LogP contribution in [-0.4, -0.2) is 54.1 Å². The Balaban J connectivity index is 2.30. The summed E-state index contributed by atoms with van der Waals surface area (Å²) in [7, 11) is 2.12. The molecule has 0 bridgehead atoms. The van der Waals surface area contributed by atoms with Gasteiger partial charge in [0.15, 0.2) is 0 Å². The van der Waals surface area contributed by atoms with Crippen LogP contribution in [0.3, 0.4) is 0 Å². The van der Waals surface area contributed by atoms with Crippen molar-refractivity contribution in [2.24, 2.45) is 0 Å². The highest BCUT2D eigenvalue weighted by atomic mass is 35.5. The zero-order valence-corrected chi connectivity index (χ0v) is 13.5. The Bertz CT molecular complexity index is 435. The van der Waals surface area contributed by atoms with E-state index in [9.17, 15) is 0 Å². The van der Waals surface area contributed by atoms with Crippen molar-refractivity contribution in [3.8, 4) is 0 Å². The number of aromatic nitrogens is 2. The summed E-state index contributed by atoms with van der Waals surface area (Å²) in [5, 5.41) is 8.63. The normalized spacial score (nSPS) is 22.4. The van der Waals surface area contributed by atoms with Crippen LogP contribution in [0.1, 0.15) is 38.5 Å². The Morgan fingerprint density at radius 1 is 1.55 bits per heavy atom. The van der Waals surface area contributed by atoms with Gasteiger partial charge in [-0.1, -0.05) is 18.5 Å². The van der Waals surface area contributed by atoms with Crippen LogP contribution in [0.15, 0.2) is 6.20 Å². The first-order valence-electron chi connectivity index (χ1n) is 7.31. The summed E-state index contributed by atoms with van der Waals surface area (Å²) in [6, 6.07) is 0.347. The lowest BCUT2D eigenvalue weighted by Gasteiger charge is -2.36. The largest absolute Gasteiger partial charge is 0.374 e. The van der Waals surface area contributed by atoms with E-state index in [0.717, 1.165) is 31.9 Å². The number of rotatable bonds is 5. The number of hydrogen-bond donors (Lipinski definition) is 1. The second-order valence-corrected chi connectivity index (χ2v) is 6.03. The summed E-state index contributed by atoms with van der Waals surface area (Å²) in [5.74, 6) is 0. The zero-order valence-electron chi connectivity index (χ0n) is 12.8. The van der Waals surface area contributed by atoms with Gasteiger partial charge in [-0.2, -0.15) is 5.10 Å². The van der Waals surface area contributed by atoms with Gasteiger partial charge in [0.2, 0.25) is 0 Å². The van der Waals surface area contributed by atoms with E-state index in [-0.39, 0.29) is 18.2 Å².